The zero-order valence-electron chi connectivity index (χ0n) is 13.6. The first-order valence-corrected chi connectivity index (χ1v) is 10.1. The molecule has 1 fully saturated rings. The van der Waals surface area contributed by atoms with Gasteiger partial charge in [0.2, 0.25) is 0 Å². The van der Waals surface area contributed by atoms with Crippen molar-refractivity contribution < 1.29 is 0 Å². The van der Waals surface area contributed by atoms with Gasteiger partial charge in [0.25, 0.3) is 0 Å². The quantitative estimate of drug-likeness (QED) is 0.867. The molecule has 118 valence electrons. The molecule has 1 N–H and O–H groups in total. The molecular formula is C16H27N3S2. The molecule has 1 saturated heterocycles. The molecule has 21 heavy (non-hydrogen) atoms. The van der Waals surface area contributed by atoms with Crippen LogP contribution < -0.4 is 5.32 Å². The first-order chi connectivity index (χ1) is 10.1. The zero-order chi connectivity index (χ0) is 15.2. The summed E-state index contributed by atoms with van der Waals surface area (Å²) in [5, 5.41) is 3.90. The summed E-state index contributed by atoms with van der Waals surface area (Å²) in [5.41, 5.74) is 3.70. The van der Waals surface area contributed by atoms with Crippen LogP contribution in [0.25, 0.3) is 0 Å². The van der Waals surface area contributed by atoms with Crippen LogP contribution in [0.2, 0.25) is 0 Å². The van der Waals surface area contributed by atoms with Crippen LogP contribution in [0.15, 0.2) is 0 Å². The Morgan fingerprint density at radius 2 is 1.95 bits per heavy atom. The molecule has 1 aromatic rings. The highest BCUT2D eigenvalue weighted by atomic mass is 32.2. The molecule has 5 heteroatoms. The summed E-state index contributed by atoms with van der Waals surface area (Å²) < 4.78 is 0. The van der Waals surface area contributed by atoms with Crippen LogP contribution >= 0.6 is 23.5 Å². The van der Waals surface area contributed by atoms with E-state index in [9.17, 15) is 0 Å². The second-order valence-corrected chi connectivity index (χ2v) is 8.24. The van der Waals surface area contributed by atoms with Gasteiger partial charge >= 0.3 is 0 Å². The third kappa shape index (κ3) is 4.86. The summed E-state index contributed by atoms with van der Waals surface area (Å²) in [6.45, 7) is 10.8. The Hall–Kier alpha value is -0.260. The summed E-state index contributed by atoms with van der Waals surface area (Å²) in [6, 6.07) is 0. The van der Waals surface area contributed by atoms with Crippen molar-refractivity contribution in [3.63, 3.8) is 0 Å². The van der Waals surface area contributed by atoms with Crippen LogP contribution in [-0.4, -0.2) is 40.3 Å². The number of hydrogen-bond acceptors (Lipinski definition) is 5. The number of thioether (sulfide) groups is 2. The van der Waals surface area contributed by atoms with Gasteiger partial charge in [0, 0.05) is 28.6 Å². The lowest BCUT2D eigenvalue weighted by Gasteiger charge is -2.22. The summed E-state index contributed by atoms with van der Waals surface area (Å²) >= 11 is 4.03. The molecule has 0 saturated carbocycles. The molecule has 1 aromatic heterocycles. The standard InChI is InChI=1S/C16H27N3S2/c1-5-17-9-11(2)8-14-12(3)18-16(19-13(14)4)15-10-20-6-7-21-15/h11,15,17H,5-10H2,1-4H3. The van der Waals surface area contributed by atoms with Crippen molar-refractivity contribution in [1.82, 2.24) is 15.3 Å². The van der Waals surface area contributed by atoms with Gasteiger partial charge in [-0.05, 0) is 44.8 Å². The molecule has 0 aliphatic carbocycles. The predicted octanol–water partition coefficient (Wildman–Crippen LogP) is 3.40. The highest BCUT2D eigenvalue weighted by molar-refractivity contribution is 8.06. The van der Waals surface area contributed by atoms with Gasteiger partial charge in [0.05, 0.1) is 5.25 Å². The zero-order valence-corrected chi connectivity index (χ0v) is 15.2. The van der Waals surface area contributed by atoms with E-state index in [1.54, 1.807) is 0 Å². The first-order valence-electron chi connectivity index (χ1n) is 7.85. The predicted molar refractivity (Wildman–Crippen MR) is 95.4 cm³/mol. The van der Waals surface area contributed by atoms with Crippen molar-refractivity contribution in [1.29, 1.82) is 0 Å². The molecule has 0 aromatic carbocycles. The van der Waals surface area contributed by atoms with Crippen LogP contribution in [-0.2, 0) is 6.42 Å². The van der Waals surface area contributed by atoms with E-state index in [1.807, 2.05) is 23.5 Å². The molecule has 0 bridgehead atoms. The molecule has 1 aliphatic rings. The van der Waals surface area contributed by atoms with Crippen molar-refractivity contribution in [2.24, 2.45) is 5.92 Å². The largest absolute Gasteiger partial charge is 0.317 e. The van der Waals surface area contributed by atoms with Crippen LogP contribution in [0, 0.1) is 19.8 Å². The maximum Gasteiger partial charge on any atom is 0.142 e. The number of aryl methyl sites for hydroxylation is 2. The van der Waals surface area contributed by atoms with Crippen LogP contribution in [0.3, 0.4) is 0 Å². The second-order valence-electron chi connectivity index (χ2n) is 5.78. The fraction of sp³-hybridized carbons (Fsp3) is 0.750. The fourth-order valence-electron chi connectivity index (χ4n) is 2.65. The normalized spacial score (nSPS) is 20.5. The van der Waals surface area contributed by atoms with Crippen molar-refractivity contribution in [2.45, 2.75) is 39.4 Å². The Bertz CT molecular complexity index is 436. The highest BCUT2D eigenvalue weighted by Gasteiger charge is 2.21. The first kappa shape index (κ1) is 17.1. The Kier molecular flexibility index (Phi) is 6.83. The van der Waals surface area contributed by atoms with Gasteiger partial charge < -0.3 is 5.32 Å². The lowest BCUT2D eigenvalue weighted by atomic mass is 9.98. The summed E-state index contributed by atoms with van der Waals surface area (Å²) in [6.07, 6.45) is 1.07. The minimum absolute atomic E-state index is 0.481. The van der Waals surface area contributed by atoms with E-state index in [-0.39, 0.29) is 0 Å². The van der Waals surface area contributed by atoms with Gasteiger partial charge in [-0.15, -0.1) is 11.8 Å². The van der Waals surface area contributed by atoms with Crippen LogP contribution in [0.5, 0.6) is 0 Å². The fourth-order valence-corrected chi connectivity index (χ4v) is 5.25. The number of nitrogens with one attached hydrogen (secondary N) is 1. The average molecular weight is 326 g/mol. The SMILES string of the molecule is CCNCC(C)Cc1c(C)nc(C2CSCCS2)nc1C. The monoisotopic (exact) mass is 325 g/mol. The maximum absolute atomic E-state index is 4.83. The Morgan fingerprint density at radius 3 is 2.52 bits per heavy atom. The van der Waals surface area contributed by atoms with E-state index in [4.69, 9.17) is 9.97 Å². The van der Waals surface area contributed by atoms with Gasteiger partial charge in [-0.1, -0.05) is 13.8 Å². The Morgan fingerprint density at radius 1 is 1.24 bits per heavy atom. The summed E-state index contributed by atoms with van der Waals surface area (Å²) in [7, 11) is 0. The van der Waals surface area contributed by atoms with E-state index in [0.29, 0.717) is 11.2 Å². The van der Waals surface area contributed by atoms with Gasteiger partial charge in [-0.25, -0.2) is 9.97 Å². The van der Waals surface area contributed by atoms with Crippen molar-refractivity contribution in [2.75, 3.05) is 30.3 Å². The van der Waals surface area contributed by atoms with Gasteiger partial charge in [0.1, 0.15) is 5.82 Å². The van der Waals surface area contributed by atoms with Crippen LogP contribution in [0.4, 0.5) is 0 Å². The van der Waals surface area contributed by atoms with E-state index < -0.39 is 0 Å². The number of hydrogen-bond donors (Lipinski definition) is 1. The van der Waals surface area contributed by atoms with Crippen molar-refractivity contribution >= 4 is 23.5 Å². The summed E-state index contributed by atoms with van der Waals surface area (Å²) in [5.74, 6) is 5.30. The molecule has 0 amide bonds. The average Bonchev–Trinajstić information content (AvgIpc) is 2.49. The number of nitrogens with zero attached hydrogens (tertiary/aromatic N) is 2. The number of rotatable bonds is 6. The van der Waals surface area contributed by atoms with Crippen molar-refractivity contribution in [3.05, 3.63) is 22.8 Å². The smallest absolute Gasteiger partial charge is 0.142 e. The minimum Gasteiger partial charge on any atom is -0.317 e. The molecule has 1 aliphatic heterocycles. The van der Waals surface area contributed by atoms with E-state index in [0.717, 1.165) is 31.1 Å². The Balaban J connectivity index is 2.09. The topological polar surface area (TPSA) is 37.8 Å². The molecule has 0 spiro atoms. The summed E-state index contributed by atoms with van der Waals surface area (Å²) in [4.78, 5) is 9.65. The molecular weight excluding hydrogens is 298 g/mol. The molecule has 2 rings (SSSR count). The third-order valence-electron chi connectivity index (χ3n) is 3.84. The lowest BCUT2D eigenvalue weighted by Crippen LogP contribution is -2.23. The molecule has 3 nitrogen and oxygen atoms in total. The second kappa shape index (κ2) is 8.39. The molecule has 2 unspecified atom stereocenters. The van der Waals surface area contributed by atoms with Gasteiger partial charge in [0.15, 0.2) is 0 Å². The van der Waals surface area contributed by atoms with E-state index >= 15 is 0 Å². The Labute approximate surface area is 137 Å². The van der Waals surface area contributed by atoms with Gasteiger partial charge in [-0.2, -0.15) is 11.8 Å². The highest BCUT2D eigenvalue weighted by Crippen LogP contribution is 2.35. The van der Waals surface area contributed by atoms with Crippen molar-refractivity contribution in [3.8, 4) is 0 Å². The maximum atomic E-state index is 4.83. The third-order valence-corrected chi connectivity index (χ3v) is 6.59. The number of aromatic nitrogens is 2. The molecule has 2 heterocycles. The van der Waals surface area contributed by atoms with Crippen LogP contribution in [0.1, 0.15) is 41.9 Å². The van der Waals surface area contributed by atoms with Gasteiger partial charge in [-0.3, -0.25) is 0 Å². The van der Waals surface area contributed by atoms with E-state index in [2.05, 4.69) is 33.0 Å². The van der Waals surface area contributed by atoms with E-state index in [1.165, 1.54) is 28.5 Å². The molecule has 2 atom stereocenters. The molecule has 0 radical (unpaired) electrons. The lowest BCUT2D eigenvalue weighted by molar-refractivity contribution is 0.517. The minimum atomic E-state index is 0.481.